The minimum atomic E-state index is -3.24. The number of nitrogens with one attached hydrogen (secondary N) is 1. The maximum Gasteiger partial charge on any atom is 0.251 e. The number of benzene rings is 1. The van der Waals surface area contributed by atoms with Crippen LogP contribution in [-0.2, 0) is 14.8 Å². The lowest BCUT2D eigenvalue weighted by Crippen LogP contribution is -2.37. The minimum absolute atomic E-state index is 0.0586. The SMILES string of the molecule is CCC(COC)NC(=O)c1cccc(N2CCCS2(=O)=O)c1. The fraction of sp³-hybridized carbons (Fsp3) is 0.533. The molecule has 1 aliphatic rings. The van der Waals surface area contributed by atoms with Crippen molar-refractivity contribution in [3.63, 3.8) is 0 Å². The molecule has 1 aromatic carbocycles. The quantitative estimate of drug-likeness (QED) is 0.857. The summed E-state index contributed by atoms with van der Waals surface area (Å²) < 4.78 is 30.4. The maximum absolute atomic E-state index is 12.3. The van der Waals surface area contributed by atoms with Crippen molar-refractivity contribution in [1.82, 2.24) is 5.32 Å². The van der Waals surface area contributed by atoms with E-state index in [1.165, 1.54) is 4.31 Å². The Balaban J connectivity index is 2.16. The molecule has 7 heteroatoms. The smallest absolute Gasteiger partial charge is 0.251 e. The van der Waals surface area contributed by atoms with Crippen molar-refractivity contribution in [2.75, 3.05) is 30.3 Å². The van der Waals surface area contributed by atoms with E-state index in [1.54, 1.807) is 31.4 Å². The van der Waals surface area contributed by atoms with Gasteiger partial charge in [-0.3, -0.25) is 9.10 Å². The average Bonchev–Trinajstić information content (AvgIpc) is 2.86. The van der Waals surface area contributed by atoms with Crippen LogP contribution in [0, 0.1) is 0 Å². The third-order valence-corrected chi connectivity index (χ3v) is 5.56. The van der Waals surface area contributed by atoms with Crippen molar-refractivity contribution >= 4 is 21.6 Å². The van der Waals surface area contributed by atoms with Crippen LogP contribution >= 0.6 is 0 Å². The molecule has 0 bridgehead atoms. The van der Waals surface area contributed by atoms with Crippen molar-refractivity contribution in [3.05, 3.63) is 29.8 Å². The normalized spacial score (nSPS) is 18.2. The molecule has 1 unspecified atom stereocenters. The van der Waals surface area contributed by atoms with Crippen molar-refractivity contribution < 1.29 is 17.9 Å². The van der Waals surface area contributed by atoms with Gasteiger partial charge >= 0.3 is 0 Å². The standard InChI is InChI=1S/C15H22N2O4S/c1-3-13(11-21-2)16-15(18)12-6-4-7-14(10-12)17-8-5-9-22(17,19)20/h4,6-7,10,13H,3,5,8-9,11H2,1-2H3,(H,16,18). The number of sulfonamides is 1. The number of methoxy groups -OCH3 is 1. The molecule has 122 valence electrons. The fourth-order valence-corrected chi connectivity index (χ4v) is 4.02. The van der Waals surface area contributed by atoms with Crippen molar-refractivity contribution in [1.29, 1.82) is 0 Å². The summed E-state index contributed by atoms with van der Waals surface area (Å²) in [5.41, 5.74) is 0.999. The van der Waals surface area contributed by atoms with Gasteiger partial charge in [0.05, 0.1) is 24.1 Å². The zero-order valence-electron chi connectivity index (χ0n) is 12.9. The Kier molecular flexibility index (Phi) is 5.42. The number of carbonyl (C=O) groups excluding carboxylic acids is 1. The highest BCUT2D eigenvalue weighted by atomic mass is 32.2. The van der Waals surface area contributed by atoms with E-state index < -0.39 is 10.0 Å². The van der Waals surface area contributed by atoms with Crippen molar-refractivity contribution in [2.45, 2.75) is 25.8 Å². The molecule has 1 amide bonds. The van der Waals surface area contributed by atoms with E-state index >= 15 is 0 Å². The maximum atomic E-state index is 12.3. The first-order chi connectivity index (χ1) is 10.5. The van der Waals surface area contributed by atoms with Crippen LogP contribution in [0.4, 0.5) is 5.69 Å². The van der Waals surface area contributed by atoms with Gasteiger partial charge in [-0.15, -0.1) is 0 Å². The lowest BCUT2D eigenvalue weighted by molar-refractivity contribution is 0.0894. The lowest BCUT2D eigenvalue weighted by Gasteiger charge is -2.19. The Morgan fingerprint density at radius 1 is 1.45 bits per heavy atom. The molecule has 1 saturated heterocycles. The van der Waals surface area contributed by atoms with Gasteiger partial charge in [0.1, 0.15) is 0 Å². The molecular formula is C15H22N2O4S. The molecule has 1 heterocycles. The number of hydrogen-bond acceptors (Lipinski definition) is 4. The highest BCUT2D eigenvalue weighted by Crippen LogP contribution is 2.24. The number of rotatable bonds is 6. The molecule has 0 aromatic heterocycles. The number of nitrogens with zero attached hydrogens (tertiary/aromatic N) is 1. The molecular weight excluding hydrogens is 304 g/mol. The lowest BCUT2D eigenvalue weighted by atomic mass is 10.1. The highest BCUT2D eigenvalue weighted by Gasteiger charge is 2.28. The molecule has 6 nitrogen and oxygen atoms in total. The molecule has 0 aliphatic carbocycles. The Morgan fingerprint density at radius 2 is 2.23 bits per heavy atom. The molecule has 1 aromatic rings. The van der Waals surface area contributed by atoms with E-state index in [-0.39, 0.29) is 17.7 Å². The first-order valence-corrected chi connectivity index (χ1v) is 8.99. The molecule has 0 spiro atoms. The van der Waals surface area contributed by atoms with Crippen molar-refractivity contribution in [3.8, 4) is 0 Å². The van der Waals surface area contributed by atoms with Gasteiger partial charge in [0.25, 0.3) is 5.91 Å². The summed E-state index contributed by atoms with van der Waals surface area (Å²) in [6.45, 7) is 2.88. The summed E-state index contributed by atoms with van der Waals surface area (Å²) in [7, 11) is -1.65. The van der Waals surface area contributed by atoms with Crippen LogP contribution in [0.15, 0.2) is 24.3 Å². The summed E-state index contributed by atoms with van der Waals surface area (Å²) in [6, 6.07) is 6.66. The molecule has 0 saturated carbocycles. The third kappa shape index (κ3) is 3.78. The first-order valence-electron chi connectivity index (χ1n) is 7.38. The van der Waals surface area contributed by atoms with Crippen LogP contribution < -0.4 is 9.62 Å². The molecule has 1 fully saturated rings. The van der Waals surface area contributed by atoms with E-state index in [0.29, 0.717) is 30.8 Å². The van der Waals surface area contributed by atoms with Gasteiger partial charge in [-0.2, -0.15) is 0 Å². The summed E-state index contributed by atoms with van der Waals surface area (Å²) in [5, 5.41) is 2.89. The summed E-state index contributed by atoms with van der Waals surface area (Å²) in [5.74, 6) is -0.0582. The monoisotopic (exact) mass is 326 g/mol. The molecule has 1 atom stereocenters. The van der Waals surface area contributed by atoms with E-state index in [9.17, 15) is 13.2 Å². The summed E-state index contributed by atoms with van der Waals surface area (Å²) in [4.78, 5) is 12.3. The Morgan fingerprint density at radius 3 is 2.82 bits per heavy atom. The molecule has 22 heavy (non-hydrogen) atoms. The predicted molar refractivity (Wildman–Crippen MR) is 85.6 cm³/mol. The molecule has 2 rings (SSSR count). The van der Waals surface area contributed by atoms with E-state index in [4.69, 9.17) is 4.74 Å². The largest absolute Gasteiger partial charge is 0.383 e. The zero-order valence-corrected chi connectivity index (χ0v) is 13.7. The predicted octanol–water partition coefficient (Wildman–Crippen LogP) is 1.38. The molecule has 1 aliphatic heterocycles. The minimum Gasteiger partial charge on any atom is -0.383 e. The number of anilines is 1. The van der Waals surface area contributed by atoms with Gasteiger partial charge in [-0.05, 0) is 31.0 Å². The van der Waals surface area contributed by atoms with Crippen LogP contribution in [-0.4, -0.2) is 46.4 Å². The van der Waals surface area contributed by atoms with Crippen LogP contribution in [0.3, 0.4) is 0 Å². The van der Waals surface area contributed by atoms with Gasteiger partial charge in [-0.25, -0.2) is 8.42 Å². The second-order valence-corrected chi connectivity index (χ2v) is 7.34. The zero-order chi connectivity index (χ0) is 16.2. The van der Waals surface area contributed by atoms with E-state index in [0.717, 1.165) is 6.42 Å². The summed E-state index contributed by atoms with van der Waals surface area (Å²) in [6.07, 6.45) is 1.38. The molecule has 1 N–H and O–H groups in total. The van der Waals surface area contributed by atoms with Crippen LogP contribution in [0.1, 0.15) is 30.1 Å². The molecule has 0 radical (unpaired) electrons. The van der Waals surface area contributed by atoms with Gasteiger partial charge in [-0.1, -0.05) is 13.0 Å². The van der Waals surface area contributed by atoms with Gasteiger partial charge in [0.2, 0.25) is 10.0 Å². The van der Waals surface area contributed by atoms with Gasteiger partial charge in [0, 0.05) is 19.2 Å². The van der Waals surface area contributed by atoms with Gasteiger partial charge < -0.3 is 10.1 Å². The third-order valence-electron chi connectivity index (χ3n) is 3.69. The second-order valence-electron chi connectivity index (χ2n) is 5.33. The summed E-state index contributed by atoms with van der Waals surface area (Å²) >= 11 is 0. The average molecular weight is 326 g/mol. The Bertz CT molecular complexity index is 630. The fourth-order valence-electron chi connectivity index (χ4n) is 2.46. The van der Waals surface area contributed by atoms with Crippen molar-refractivity contribution in [2.24, 2.45) is 0 Å². The first kappa shape index (κ1) is 16.8. The number of hydrogen-bond donors (Lipinski definition) is 1. The van der Waals surface area contributed by atoms with Gasteiger partial charge in [0.15, 0.2) is 0 Å². The number of carbonyl (C=O) groups is 1. The van der Waals surface area contributed by atoms with Crippen LogP contribution in [0.5, 0.6) is 0 Å². The van der Waals surface area contributed by atoms with Crippen LogP contribution in [0.25, 0.3) is 0 Å². The Labute approximate surface area is 131 Å². The highest BCUT2D eigenvalue weighted by molar-refractivity contribution is 7.93. The van der Waals surface area contributed by atoms with E-state index in [2.05, 4.69) is 5.32 Å². The number of amides is 1. The van der Waals surface area contributed by atoms with E-state index in [1.807, 2.05) is 6.92 Å². The number of ether oxygens (including phenoxy) is 1. The topological polar surface area (TPSA) is 75.7 Å². The Hall–Kier alpha value is -1.60. The second kappa shape index (κ2) is 7.11. The van der Waals surface area contributed by atoms with Crippen LogP contribution in [0.2, 0.25) is 0 Å².